The van der Waals surface area contributed by atoms with E-state index in [0.29, 0.717) is 6.54 Å². The van der Waals surface area contributed by atoms with Gasteiger partial charge in [0.1, 0.15) is 6.54 Å². The highest BCUT2D eigenvalue weighted by molar-refractivity contribution is 5.75. The highest BCUT2D eigenvalue weighted by Gasteiger charge is 2.15. The Morgan fingerprint density at radius 3 is 3.07 bits per heavy atom. The van der Waals surface area contributed by atoms with Gasteiger partial charge in [-0.15, -0.1) is 0 Å². The van der Waals surface area contributed by atoms with Crippen molar-refractivity contribution in [3.05, 3.63) is 18.7 Å². The molecule has 5 heteroatoms. The number of rotatable bonds is 2. The predicted octanol–water partition coefficient (Wildman–Crippen LogP) is 0.0101. The van der Waals surface area contributed by atoms with Crippen LogP contribution >= 0.6 is 0 Å². The highest BCUT2D eigenvalue weighted by atomic mass is 16.2. The SMILES string of the molecule is O=C(Cn1ccnc1)N1CCCCN1. The molecule has 0 saturated carbocycles. The van der Waals surface area contributed by atoms with Crippen LogP contribution < -0.4 is 5.43 Å². The lowest BCUT2D eigenvalue weighted by Crippen LogP contribution is -2.48. The van der Waals surface area contributed by atoms with Crippen molar-refractivity contribution in [1.29, 1.82) is 0 Å². The largest absolute Gasteiger partial charge is 0.328 e. The molecule has 0 aromatic carbocycles. The average Bonchev–Trinajstić information content (AvgIpc) is 2.72. The molecule has 1 amide bonds. The van der Waals surface area contributed by atoms with Crippen molar-refractivity contribution in [3.8, 4) is 0 Å². The Hall–Kier alpha value is -1.36. The monoisotopic (exact) mass is 194 g/mol. The van der Waals surface area contributed by atoms with Crippen LogP contribution in [-0.4, -0.2) is 33.6 Å². The van der Waals surface area contributed by atoms with E-state index < -0.39 is 0 Å². The summed E-state index contributed by atoms with van der Waals surface area (Å²) in [7, 11) is 0. The number of carbonyl (C=O) groups excluding carboxylic acids is 1. The molecule has 5 nitrogen and oxygen atoms in total. The Morgan fingerprint density at radius 1 is 1.50 bits per heavy atom. The van der Waals surface area contributed by atoms with Crippen molar-refractivity contribution in [2.75, 3.05) is 13.1 Å². The number of carbonyl (C=O) groups is 1. The van der Waals surface area contributed by atoms with Crippen molar-refractivity contribution in [1.82, 2.24) is 20.0 Å². The summed E-state index contributed by atoms with van der Waals surface area (Å²) < 4.78 is 1.78. The van der Waals surface area contributed by atoms with Crippen LogP contribution in [0.1, 0.15) is 12.8 Å². The number of imidazole rings is 1. The van der Waals surface area contributed by atoms with Gasteiger partial charge in [0.05, 0.1) is 6.33 Å². The lowest BCUT2D eigenvalue weighted by atomic mass is 10.2. The van der Waals surface area contributed by atoms with E-state index in [-0.39, 0.29) is 5.91 Å². The van der Waals surface area contributed by atoms with Crippen molar-refractivity contribution >= 4 is 5.91 Å². The summed E-state index contributed by atoms with van der Waals surface area (Å²) in [6.07, 6.45) is 7.36. The molecular weight excluding hydrogens is 180 g/mol. The van der Waals surface area contributed by atoms with Gasteiger partial charge in [-0.05, 0) is 12.8 Å². The van der Waals surface area contributed by atoms with E-state index in [9.17, 15) is 4.79 Å². The Balaban J connectivity index is 1.88. The molecule has 1 N–H and O–H groups in total. The molecule has 0 bridgehead atoms. The molecule has 2 heterocycles. The first-order valence-electron chi connectivity index (χ1n) is 4.86. The Morgan fingerprint density at radius 2 is 2.43 bits per heavy atom. The second kappa shape index (κ2) is 4.23. The maximum Gasteiger partial charge on any atom is 0.256 e. The minimum absolute atomic E-state index is 0.0997. The van der Waals surface area contributed by atoms with Gasteiger partial charge in [-0.1, -0.05) is 0 Å². The van der Waals surface area contributed by atoms with Gasteiger partial charge in [-0.3, -0.25) is 9.80 Å². The van der Waals surface area contributed by atoms with Gasteiger partial charge < -0.3 is 4.57 Å². The molecule has 0 radical (unpaired) electrons. The second-order valence-corrected chi connectivity index (χ2v) is 3.40. The van der Waals surface area contributed by atoms with Crippen LogP contribution in [0.2, 0.25) is 0 Å². The van der Waals surface area contributed by atoms with Crippen LogP contribution in [-0.2, 0) is 11.3 Å². The summed E-state index contributed by atoms with van der Waals surface area (Å²) in [6.45, 7) is 2.08. The van der Waals surface area contributed by atoms with E-state index in [1.807, 2.05) is 0 Å². The lowest BCUT2D eigenvalue weighted by molar-refractivity contribution is -0.136. The number of hydrogen-bond donors (Lipinski definition) is 1. The van der Waals surface area contributed by atoms with Crippen LogP contribution in [0.25, 0.3) is 0 Å². The van der Waals surface area contributed by atoms with E-state index in [2.05, 4.69) is 10.4 Å². The third-order valence-electron chi connectivity index (χ3n) is 2.29. The van der Waals surface area contributed by atoms with Crippen LogP contribution in [0.4, 0.5) is 0 Å². The number of hydrazine groups is 1. The lowest BCUT2D eigenvalue weighted by Gasteiger charge is -2.27. The first-order chi connectivity index (χ1) is 6.86. The molecule has 1 fully saturated rings. The number of nitrogens with one attached hydrogen (secondary N) is 1. The minimum atomic E-state index is 0.0997. The summed E-state index contributed by atoms with van der Waals surface area (Å²) in [4.78, 5) is 15.6. The average molecular weight is 194 g/mol. The summed E-state index contributed by atoms with van der Waals surface area (Å²) in [5, 5.41) is 1.70. The summed E-state index contributed by atoms with van der Waals surface area (Å²) in [6, 6.07) is 0. The van der Waals surface area contributed by atoms with Crippen LogP contribution in [0.3, 0.4) is 0 Å². The fourth-order valence-corrected chi connectivity index (χ4v) is 1.52. The number of hydrogen-bond acceptors (Lipinski definition) is 3. The maximum atomic E-state index is 11.7. The Labute approximate surface area is 82.7 Å². The van der Waals surface area contributed by atoms with Gasteiger partial charge in [-0.2, -0.15) is 0 Å². The molecule has 0 unspecified atom stereocenters. The van der Waals surface area contributed by atoms with Crippen molar-refractivity contribution < 1.29 is 4.79 Å². The zero-order valence-electron chi connectivity index (χ0n) is 8.02. The van der Waals surface area contributed by atoms with Gasteiger partial charge in [0.2, 0.25) is 0 Å². The maximum absolute atomic E-state index is 11.7. The first kappa shape index (κ1) is 9.21. The normalized spacial score (nSPS) is 17.0. The standard InChI is InChI=1S/C9H14N4O/c14-9(7-12-6-4-10-8-12)13-5-2-1-3-11-13/h4,6,8,11H,1-3,5,7H2. The highest BCUT2D eigenvalue weighted by Crippen LogP contribution is 2.00. The quantitative estimate of drug-likeness (QED) is 0.721. The molecule has 14 heavy (non-hydrogen) atoms. The van der Waals surface area contributed by atoms with E-state index >= 15 is 0 Å². The topological polar surface area (TPSA) is 50.2 Å². The van der Waals surface area contributed by atoms with Crippen molar-refractivity contribution in [3.63, 3.8) is 0 Å². The number of aromatic nitrogens is 2. The summed E-state index contributed by atoms with van der Waals surface area (Å²) >= 11 is 0. The minimum Gasteiger partial charge on any atom is -0.328 e. The van der Waals surface area contributed by atoms with Crippen molar-refractivity contribution in [2.24, 2.45) is 0 Å². The predicted molar refractivity (Wildman–Crippen MR) is 51.2 cm³/mol. The van der Waals surface area contributed by atoms with E-state index in [1.54, 1.807) is 28.3 Å². The molecule has 2 rings (SSSR count). The zero-order chi connectivity index (χ0) is 9.80. The fraction of sp³-hybridized carbons (Fsp3) is 0.556. The molecular formula is C9H14N4O. The molecule has 76 valence electrons. The Kier molecular flexibility index (Phi) is 2.78. The molecule has 1 aliphatic heterocycles. The molecule has 0 atom stereocenters. The molecule has 1 aromatic heterocycles. The smallest absolute Gasteiger partial charge is 0.256 e. The number of amides is 1. The molecule has 0 spiro atoms. The van der Waals surface area contributed by atoms with E-state index in [0.717, 1.165) is 25.9 Å². The Bertz CT molecular complexity index is 290. The van der Waals surface area contributed by atoms with Gasteiger partial charge in [0, 0.05) is 25.5 Å². The van der Waals surface area contributed by atoms with Gasteiger partial charge in [0.25, 0.3) is 5.91 Å². The van der Waals surface area contributed by atoms with Crippen molar-refractivity contribution in [2.45, 2.75) is 19.4 Å². The molecule has 1 aliphatic rings. The summed E-state index contributed by atoms with van der Waals surface area (Å²) in [5.41, 5.74) is 3.08. The van der Waals surface area contributed by atoms with Gasteiger partial charge >= 0.3 is 0 Å². The molecule has 1 aromatic rings. The first-order valence-corrected chi connectivity index (χ1v) is 4.86. The third kappa shape index (κ3) is 2.11. The summed E-state index contributed by atoms with van der Waals surface area (Å²) in [5.74, 6) is 0.0997. The molecule has 0 aliphatic carbocycles. The second-order valence-electron chi connectivity index (χ2n) is 3.40. The van der Waals surface area contributed by atoms with Crippen LogP contribution in [0.5, 0.6) is 0 Å². The van der Waals surface area contributed by atoms with Gasteiger partial charge in [0.15, 0.2) is 0 Å². The van der Waals surface area contributed by atoms with E-state index in [4.69, 9.17) is 0 Å². The van der Waals surface area contributed by atoms with Crippen LogP contribution in [0.15, 0.2) is 18.7 Å². The fourth-order valence-electron chi connectivity index (χ4n) is 1.52. The van der Waals surface area contributed by atoms with Crippen LogP contribution in [0, 0.1) is 0 Å². The molecule has 1 saturated heterocycles. The zero-order valence-corrected chi connectivity index (χ0v) is 8.02. The van der Waals surface area contributed by atoms with E-state index in [1.165, 1.54) is 0 Å². The van der Waals surface area contributed by atoms with Gasteiger partial charge in [-0.25, -0.2) is 10.4 Å². The third-order valence-corrected chi connectivity index (χ3v) is 2.29. The number of nitrogens with zero attached hydrogens (tertiary/aromatic N) is 3.